The minimum atomic E-state index is -3.88. The van der Waals surface area contributed by atoms with Gasteiger partial charge in [-0.2, -0.15) is 0 Å². The Morgan fingerprint density at radius 3 is 2.58 bits per heavy atom. The molecule has 9 heteroatoms. The van der Waals surface area contributed by atoms with Crippen molar-refractivity contribution in [3.05, 3.63) is 94.0 Å². The number of hydrogen-bond acceptors (Lipinski definition) is 5. The largest absolute Gasteiger partial charge is 0.322 e. The Balaban J connectivity index is 1.63. The molecule has 0 spiro atoms. The Hall–Kier alpha value is -3.72. The standard InChI is InChI=1S/C22H19N3O5S/c1-15-12-16-6-2-3-11-21(16)24(15)31(29,30)20-10-4-7-17(13-20)22(26)23-18-8-5-9-19(14-18)25(27)28/h2-11,13-15H,12H2,1H3,(H,23,26). The number of nitro benzene ring substituents is 1. The maximum atomic E-state index is 13.4. The van der Waals surface area contributed by atoms with Crippen LogP contribution in [0.25, 0.3) is 0 Å². The number of nitro groups is 1. The number of hydrogen-bond donors (Lipinski definition) is 1. The highest BCUT2D eigenvalue weighted by atomic mass is 32.2. The van der Waals surface area contributed by atoms with Crippen molar-refractivity contribution in [2.45, 2.75) is 24.3 Å². The van der Waals surface area contributed by atoms with E-state index in [9.17, 15) is 23.3 Å². The van der Waals surface area contributed by atoms with Gasteiger partial charge in [0.2, 0.25) is 0 Å². The van der Waals surface area contributed by atoms with E-state index in [1.54, 1.807) is 12.1 Å². The smallest absolute Gasteiger partial charge is 0.271 e. The van der Waals surface area contributed by atoms with Gasteiger partial charge in [0.1, 0.15) is 0 Å². The molecule has 1 aliphatic rings. The van der Waals surface area contributed by atoms with Crippen molar-refractivity contribution >= 4 is 33.0 Å². The normalized spacial score (nSPS) is 15.4. The summed E-state index contributed by atoms with van der Waals surface area (Å²) in [4.78, 5) is 23.0. The van der Waals surface area contributed by atoms with E-state index in [0.717, 1.165) is 5.56 Å². The van der Waals surface area contributed by atoms with Crippen LogP contribution in [0.2, 0.25) is 0 Å². The lowest BCUT2D eigenvalue weighted by molar-refractivity contribution is -0.384. The monoisotopic (exact) mass is 437 g/mol. The number of nitrogens with zero attached hydrogens (tertiary/aromatic N) is 2. The molecule has 3 aromatic carbocycles. The summed E-state index contributed by atoms with van der Waals surface area (Å²) in [5.74, 6) is -0.563. The van der Waals surface area contributed by atoms with Crippen LogP contribution in [0.5, 0.6) is 0 Å². The number of benzene rings is 3. The summed E-state index contributed by atoms with van der Waals surface area (Å²) in [6, 6.07) is 18.4. The van der Waals surface area contributed by atoms with E-state index >= 15 is 0 Å². The van der Waals surface area contributed by atoms with Gasteiger partial charge >= 0.3 is 0 Å². The van der Waals surface area contributed by atoms with E-state index in [-0.39, 0.29) is 27.9 Å². The second-order valence-electron chi connectivity index (χ2n) is 7.27. The van der Waals surface area contributed by atoms with Crippen LogP contribution in [0.3, 0.4) is 0 Å². The summed E-state index contributed by atoms with van der Waals surface area (Å²) in [7, 11) is -3.88. The summed E-state index contributed by atoms with van der Waals surface area (Å²) in [6.45, 7) is 1.84. The van der Waals surface area contributed by atoms with Gasteiger partial charge < -0.3 is 5.32 Å². The zero-order valence-electron chi connectivity index (χ0n) is 16.6. The molecular formula is C22H19N3O5S. The first kappa shape index (κ1) is 20.5. The molecule has 8 nitrogen and oxygen atoms in total. The van der Waals surface area contributed by atoms with E-state index in [2.05, 4.69) is 5.32 Å². The third-order valence-corrected chi connectivity index (χ3v) is 7.04. The zero-order chi connectivity index (χ0) is 22.2. The van der Waals surface area contributed by atoms with Gasteiger partial charge in [0.25, 0.3) is 21.6 Å². The van der Waals surface area contributed by atoms with Crippen molar-refractivity contribution in [1.29, 1.82) is 0 Å². The number of nitrogens with one attached hydrogen (secondary N) is 1. The van der Waals surface area contributed by atoms with Crippen molar-refractivity contribution in [2.75, 3.05) is 9.62 Å². The predicted octanol–water partition coefficient (Wildman–Crippen LogP) is 3.99. The van der Waals surface area contributed by atoms with Crippen molar-refractivity contribution < 1.29 is 18.1 Å². The Kier molecular flexibility index (Phi) is 5.20. The molecule has 0 aromatic heterocycles. The molecule has 0 radical (unpaired) electrons. The molecule has 1 aliphatic heterocycles. The molecule has 0 bridgehead atoms. The van der Waals surface area contributed by atoms with Crippen LogP contribution in [-0.2, 0) is 16.4 Å². The average Bonchev–Trinajstić information content (AvgIpc) is 3.10. The lowest BCUT2D eigenvalue weighted by Gasteiger charge is -2.24. The number of sulfonamides is 1. The van der Waals surface area contributed by atoms with Crippen LogP contribution < -0.4 is 9.62 Å². The number of carbonyl (C=O) groups excluding carboxylic acids is 1. The average molecular weight is 437 g/mol. The maximum absolute atomic E-state index is 13.4. The molecule has 1 N–H and O–H groups in total. The van der Waals surface area contributed by atoms with E-state index in [4.69, 9.17) is 0 Å². The molecule has 1 unspecified atom stereocenters. The predicted molar refractivity (Wildman–Crippen MR) is 117 cm³/mol. The number of amides is 1. The summed E-state index contributed by atoms with van der Waals surface area (Å²) < 4.78 is 28.1. The molecule has 0 saturated heterocycles. The van der Waals surface area contributed by atoms with Gasteiger partial charge in [-0.25, -0.2) is 8.42 Å². The van der Waals surface area contributed by atoms with Crippen molar-refractivity contribution in [1.82, 2.24) is 0 Å². The molecule has 1 amide bonds. The Labute approximate surface area is 179 Å². The highest BCUT2D eigenvalue weighted by molar-refractivity contribution is 7.92. The molecule has 31 heavy (non-hydrogen) atoms. The molecule has 0 saturated carbocycles. The van der Waals surface area contributed by atoms with Crippen LogP contribution in [0, 0.1) is 10.1 Å². The number of anilines is 2. The van der Waals surface area contributed by atoms with Crippen LogP contribution >= 0.6 is 0 Å². The Morgan fingerprint density at radius 1 is 1.06 bits per heavy atom. The van der Waals surface area contributed by atoms with Gasteiger partial charge in [-0.15, -0.1) is 0 Å². The molecule has 1 atom stereocenters. The molecule has 158 valence electrons. The number of rotatable bonds is 5. The van der Waals surface area contributed by atoms with E-state index in [1.807, 2.05) is 19.1 Å². The summed E-state index contributed by atoms with van der Waals surface area (Å²) in [6.07, 6.45) is 0.613. The third-order valence-electron chi connectivity index (χ3n) is 5.11. The van der Waals surface area contributed by atoms with E-state index in [0.29, 0.717) is 12.1 Å². The third kappa shape index (κ3) is 3.87. The number of carbonyl (C=O) groups is 1. The molecular weight excluding hydrogens is 418 g/mol. The van der Waals surface area contributed by atoms with Crippen molar-refractivity contribution in [3.63, 3.8) is 0 Å². The fourth-order valence-corrected chi connectivity index (χ4v) is 5.45. The number of non-ortho nitro benzene ring substituents is 1. The van der Waals surface area contributed by atoms with Gasteiger partial charge in [0.05, 0.1) is 15.5 Å². The van der Waals surface area contributed by atoms with Crippen molar-refractivity contribution in [3.8, 4) is 0 Å². The zero-order valence-corrected chi connectivity index (χ0v) is 17.4. The van der Waals surface area contributed by atoms with Crippen LogP contribution in [0.1, 0.15) is 22.8 Å². The van der Waals surface area contributed by atoms with E-state index < -0.39 is 20.9 Å². The molecule has 4 rings (SSSR count). The summed E-state index contributed by atoms with van der Waals surface area (Å²) >= 11 is 0. The lowest BCUT2D eigenvalue weighted by Crippen LogP contribution is -2.35. The molecule has 1 heterocycles. The van der Waals surface area contributed by atoms with Gasteiger partial charge in [-0.3, -0.25) is 19.2 Å². The number of para-hydroxylation sites is 1. The van der Waals surface area contributed by atoms with Crippen LogP contribution in [0.15, 0.2) is 77.7 Å². The SMILES string of the molecule is CC1Cc2ccccc2N1S(=O)(=O)c1cccc(C(=O)Nc2cccc([N+](=O)[O-])c2)c1. The molecule has 0 aliphatic carbocycles. The quantitative estimate of drug-likeness (QED) is 0.479. The molecule has 3 aromatic rings. The lowest BCUT2D eigenvalue weighted by atomic mass is 10.1. The van der Waals surface area contributed by atoms with Gasteiger partial charge in [0.15, 0.2) is 0 Å². The summed E-state index contributed by atoms with van der Waals surface area (Å²) in [5, 5.41) is 13.5. The second-order valence-corrected chi connectivity index (χ2v) is 9.09. The molecule has 0 fully saturated rings. The Bertz CT molecular complexity index is 1290. The highest BCUT2D eigenvalue weighted by Crippen LogP contribution is 2.36. The van der Waals surface area contributed by atoms with Crippen LogP contribution in [-0.4, -0.2) is 25.3 Å². The first-order chi connectivity index (χ1) is 14.8. The van der Waals surface area contributed by atoms with Crippen molar-refractivity contribution in [2.24, 2.45) is 0 Å². The Morgan fingerprint density at radius 2 is 1.81 bits per heavy atom. The summed E-state index contributed by atoms with van der Waals surface area (Å²) in [5.41, 5.74) is 1.82. The highest BCUT2D eigenvalue weighted by Gasteiger charge is 2.36. The van der Waals surface area contributed by atoms with Gasteiger partial charge in [-0.1, -0.05) is 30.3 Å². The fourth-order valence-electron chi connectivity index (χ4n) is 3.72. The van der Waals surface area contributed by atoms with E-state index in [1.165, 1.54) is 52.8 Å². The first-order valence-electron chi connectivity index (χ1n) is 9.55. The topological polar surface area (TPSA) is 110 Å². The van der Waals surface area contributed by atoms with Gasteiger partial charge in [0, 0.05) is 29.4 Å². The minimum absolute atomic E-state index is 0.00254. The second kappa shape index (κ2) is 7.84. The first-order valence-corrected chi connectivity index (χ1v) is 11.0. The minimum Gasteiger partial charge on any atom is -0.322 e. The van der Waals surface area contributed by atoms with Gasteiger partial charge in [-0.05, 0) is 49.2 Å². The maximum Gasteiger partial charge on any atom is 0.271 e. The van der Waals surface area contributed by atoms with Crippen LogP contribution in [0.4, 0.5) is 17.1 Å². The number of fused-ring (bicyclic) bond motifs is 1. The fraction of sp³-hybridized carbons (Fsp3) is 0.136.